The van der Waals surface area contributed by atoms with Gasteiger partial charge in [-0.25, -0.2) is 0 Å². The van der Waals surface area contributed by atoms with Crippen molar-refractivity contribution in [3.8, 4) is 0 Å². The molecule has 0 aliphatic carbocycles. The molecule has 1 rings (SSSR count). The molecule has 1 atom stereocenters. The number of aliphatic carboxylic acids is 1. The Morgan fingerprint density at radius 3 is 2.78 bits per heavy atom. The average Bonchev–Trinajstić information content (AvgIpc) is 2.16. The monoisotopic (exact) mass is 160 g/mol. The van der Waals surface area contributed by atoms with Crippen LogP contribution in [0.15, 0.2) is 11.5 Å². The second-order valence-corrected chi connectivity index (χ2v) is 6.07. The summed E-state index contributed by atoms with van der Waals surface area (Å²) in [6.45, 7) is 0. The molecule has 0 fully saturated rings. The lowest BCUT2D eigenvalue weighted by Gasteiger charge is -2.14. The Balaban J connectivity index is 2.66. The number of hydrogen-bond donors (Lipinski definition) is 1. The molecule has 2 nitrogen and oxygen atoms in total. The van der Waals surface area contributed by atoms with Gasteiger partial charge in [-0.15, -0.1) is 11.8 Å². The largest absolute Gasteiger partial charge is 0.480 e. The van der Waals surface area contributed by atoms with Crippen molar-refractivity contribution in [2.75, 3.05) is 0 Å². The molecular weight excluding hydrogens is 152 g/mol. The van der Waals surface area contributed by atoms with E-state index in [2.05, 4.69) is 0 Å². The first-order valence-electron chi connectivity index (χ1n) is 2.71. The average molecular weight is 160 g/mol. The van der Waals surface area contributed by atoms with Crippen LogP contribution in [-0.2, 0) is 4.79 Å². The Morgan fingerprint density at radius 1 is 1.89 bits per heavy atom. The topological polar surface area (TPSA) is 37.3 Å². The van der Waals surface area contributed by atoms with Gasteiger partial charge in [0.1, 0.15) is 4.37 Å². The lowest BCUT2D eigenvalue weighted by atomic mass is 10.3. The SMILES string of the molecule is O=C(O)C1([SiH3])CC=CS1. The molecule has 1 aliphatic heterocycles. The van der Waals surface area contributed by atoms with Crippen LogP contribution in [0.2, 0.25) is 0 Å². The van der Waals surface area contributed by atoms with Gasteiger partial charge in [0, 0.05) is 10.2 Å². The Morgan fingerprint density at radius 2 is 2.56 bits per heavy atom. The molecule has 0 bridgehead atoms. The van der Waals surface area contributed by atoms with Crippen molar-refractivity contribution in [1.29, 1.82) is 0 Å². The van der Waals surface area contributed by atoms with Gasteiger partial charge in [0.05, 0.1) is 0 Å². The van der Waals surface area contributed by atoms with Crippen LogP contribution in [-0.4, -0.2) is 25.7 Å². The van der Waals surface area contributed by atoms with Gasteiger partial charge in [-0.3, -0.25) is 4.79 Å². The summed E-state index contributed by atoms with van der Waals surface area (Å²) in [7, 11) is 0.718. The Hall–Kier alpha value is -0.223. The third-order valence-electron chi connectivity index (χ3n) is 1.38. The molecule has 0 aromatic heterocycles. The summed E-state index contributed by atoms with van der Waals surface area (Å²) in [5, 5.41) is 10.5. The van der Waals surface area contributed by atoms with Crippen molar-refractivity contribution in [2.24, 2.45) is 0 Å². The summed E-state index contributed by atoms with van der Waals surface area (Å²) in [5.74, 6) is -0.663. The molecule has 0 saturated carbocycles. The molecule has 1 N–H and O–H groups in total. The second kappa shape index (κ2) is 2.19. The zero-order valence-corrected chi connectivity index (χ0v) is 7.94. The molecule has 0 aromatic carbocycles. The molecule has 50 valence electrons. The van der Waals surface area contributed by atoms with E-state index in [4.69, 9.17) is 5.11 Å². The van der Waals surface area contributed by atoms with Gasteiger partial charge in [-0.05, 0) is 11.8 Å². The molecule has 1 aliphatic rings. The minimum absolute atomic E-state index is 0.444. The smallest absolute Gasteiger partial charge is 0.316 e. The number of rotatable bonds is 1. The van der Waals surface area contributed by atoms with Gasteiger partial charge in [-0.2, -0.15) is 0 Å². The van der Waals surface area contributed by atoms with Gasteiger partial charge in [0.25, 0.3) is 0 Å². The predicted molar refractivity (Wildman–Crippen MR) is 41.7 cm³/mol. The molecular formula is C5H8O2SSi. The highest BCUT2D eigenvalue weighted by molar-refractivity contribution is 8.05. The summed E-state index contributed by atoms with van der Waals surface area (Å²) < 4.78 is -0.444. The highest BCUT2D eigenvalue weighted by Crippen LogP contribution is 2.33. The molecule has 0 spiro atoms. The summed E-state index contributed by atoms with van der Waals surface area (Å²) in [6.07, 6.45) is 2.63. The normalized spacial score (nSPS) is 33.3. The highest BCUT2D eigenvalue weighted by atomic mass is 32.2. The zero-order chi connectivity index (χ0) is 6.91. The van der Waals surface area contributed by atoms with E-state index in [-0.39, 0.29) is 0 Å². The first-order valence-corrected chi connectivity index (χ1v) is 4.59. The minimum atomic E-state index is -0.663. The number of carbonyl (C=O) groups is 1. The van der Waals surface area contributed by atoms with Crippen LogP contribution < -0.4 is 0 Å². The Kier molecular flexibility index (Phi) is 1.68. The molecule has 4 heteroatoms. The molecule has 9 heavy (non-hydrogen) atoms. The number of carboxylic acid groups (broad SMARTS) is 1. The molecule has 1 heterocycles. The molecule has 1 unspecified atom stereocenters. The molecule has 0 saturated heterocycles. The van der Waals surface area contributed by atoms with Crippen molar-refractivity contribution in [1.82, 2.24) is 0 Å². The van der Waals surface area contributed by atoms with Crippen molar-refractivity contribution >= 4 is 28.0 Å². The first-order chi connectivity index (χ1) is 4.15. The van der Waals surface area contributed by atoms with Crippen LogP contribution in [0.5, 0.6) is 0 Å². The number of allylic oxidation sites excluding steroid dienone is 1. The highest BCUT2D eigenvalue weighted by Gasteiger charge is 2.33. The van der Waals surface area contributed by atoms with Crippen LogP contribution in [0.25, 0.3) is 0 Å². The van der Waals surface area contributed by atoms with E-state index in [1.165, 1.54) is 11.8 Å². The number of carboxylic acids is 1. The van der Waals surface area contributed by atoms with E-state index in [0.29, 0.717) is 6.42 Å². The van der Waals surface area contributed by atoms with Gasteiger partial charge in [0.2, 0.25) is 0 Å². The zero-order valence-electron chi connectivity index (χ0n) is 5.13. The van der Waals surface area contributed by atoms with E-state index in [1.807, 2.05) is 11.5 Å². The Labute approximate surface area is 60.8 Å². The fourth-order valence-electron chi connectivity index (χ4n) is 0.657. The molecule has 0 radical (unpaired) electrons. The number of hydrogen-bond acceptors (Lipinski definition) is 2. The van der Waals surface area contributed by atoms with Crippen molar-refractivity contribution in [3.05, 3.63) is 11.5 Å². The first kappa shape index (κ1) is 6.89. The minimum Gasteiger partial charge on any atom is -0.480 e. The van der Waals surface area contributed by atoms with Crippen LogP contribution >= 0.6 is 11.8 Å². The van der Waals surface area contributed by atoms with Crippen molar-refractivity contribution < 1.29 is 9.90 Å². The van der Waals surface area contributed by atoms with E-state index in [0.717, 1.165) is 10.2 Å². The fraction of sp³-hybridized carbons (Fsp3) is 0.400. The third kappa shape index (κ3) is 1.19. The fourth-order valence-corrected chi connectivity index (χ4v) is 2.09. The van der Waals surface area contributed by atoms with Gasteiger partial charge in [-0.1, -0.05) is 6.08 Å². The van der Waals surface area contributed by atoms with Crippen LogP contribution in [0.4, 0.5) is 0 Å². The van der Waals surface area contributed by atoms with E-state index >= 15 is 0 Å². The summed E-state index contributed by atoms with van der Waals surface area (Å²) >= 11 is 1.43. The van der Waals surface area contributed by atoms with Crippen molar-refractivity contribution in [3.63, 3.8) is 0 Å². The summed E-state index contributed by atoms with van der Waals surface area (Å²) in [4.78, 5) is 10.5. The second-order valence-electron chi connectivity index (χ2n) is 2.23. The summed E-state index contributed by atoms with van der Waals surface area (Å²) in [5.41, 5.74) is 0. The lowest BCUT2D eigenvalue weighted by molar-refractivity contribution is -0.137. The van der Waals surface area contributed by atoms with Crippen LogP contribution in [0, 0.1) is 0 Å². The maximum absolute atomic E-state index is 10.5. The Bertz CT molecular complexity index is 158. The molecule has 0 aromatic rings. The maximum Gasteiger partial charge on any atom is 0.316 e. The van der Waals surface area contributed by atoms with Crippen LogP contribution in [0.1, 0.15) is 6.42 Å². The lowest BCUT2D eigenvalue weighted by Crippen LogP contribution is -2.32. The van der Waals surface area contributed by atoms with E-state index in [1.54, 1.807) is 0 Å². The van der Waals surface area contributed by atoms with Crippen LogP contribution in [0.3, 0.4) is 0 Å². The third-order valence-corrected chi connectivity index (χ3v) is 4.12. The quantitative estimate of drug-likeness (QED) is 0.539. The standard InChI is InChI=1S/C5H8O2SSi/c6-4(7)5(9)2-1-3-8-5/h1,3H,2H2,9H3,(H,6,7). The van der Waals surface area contributed by atoms with Gasteiger partial charge >= 0.3 is 5.97 Å². The number of thioether (sulfide) groups is 1. The summed E-state index contributed by atoms with van der Waals surface area (Å²) in [6, 6.07) is 0. The molecule has 0 amide bonds. The van der Waals surface area contributed by atoms with Gasteiger partial charge in [0.15, 0.2) is 0 Å². The van der Waals surface area contributed by atoms with Crippen molar-refractivity contribution in [2.45, 2.75) is 10.8 Å². The van der Waals surface area contributed by atoms with Gasteiger partial charge < -0.3 is 5.11 Å². The predicted octanol–water partition coefficient (Wildman–Crippen LogP) is -0.217. The maximum atomic E-state index is 10.5. The van der Waals surface area contributed by atoms with E-state index in [9.17, 15) is 4.79 Å². The van der Waals surface area contributed by atoms with E-state index < -0.39 is 10.3 Å².